The summed E-state index contributed by atoms with van der Waals surface area (Å²) >= 11 is 1.54. The van der Waals surface area contributed by atoms with E-state index in [2.05, 4.69) is 15.6 Å². The molecule has 1 rings (SSSR count). The predicted molar refractivity (Wildman–Crippen MR) is 77.8 cm³/mol. The van der Waals surface area contributed by atoms with Crippen LogP contribution in [0, 0.1) is 0 Å². The van der Waals surface area contributed by atoms with Gasteiger partial charge >= 0.3 is 12.0 Å². The quantitative estimate of drug-likeness (QED) is 0.686. The number of urea groups is 1. The fourth-order valence-corrected chi connectivity index (χ4v) is 2.43. The third-order valence-electron chi connectivity index (χ3n) is 2.80. The maximum Gasteiger partial charge on any atom is 0.326 e. The summed E-state index contributed by atoms with van der Waals surface area (Å²) in [4.78, 5) is 28.0. The van der Waals surface area contributed by atoms with E-state index in [0.717, 1.165) is 29.1 Å². The molecule has 112 valence electrons. The summed E-state index contributed by atoms with van der Waals surface area (Å²) in [6.07, 6.45) is 4.81. The first-order valence-corrected chi connectivity index (χ1v) is 7.59. The Labute approximate surface area is 122 Å². The third-order valence-corrected chi connectivity index (χ3v) is 3.94. The molecule has 1 heterocycles. The van der Waals surface area contributed by atoms with Gasteiger partial charge in [0.05, 0.1) is 6.54 Å². The number of unbranched alkanes of at least 4 members (excludes halogenated alkanes) is 1. The van der Waals surface area contributed by atoms with Crippen LogP contribution in [0.1, 0.15) is 43.0 Å². The zero-order valence-electron chi connectivity index (χ0n) is 11.8. The number of amides is 2. The van der Waals surface area contributed by atoms with Gasteiger partial charge in [-0.1, -0.05) is 26.7 Å². The van der Waals surface area contributed by atoms with Crippen LogP contribution in [0.3, 0.4) is 0 Å². The average Bonchev–Trinajstić information content (AvgIpc) is 2.88. The highest BCUT2D eigenvalue weighted by Crippen LogP contribution is 2.12. The minimum Gasteiger partial charge on any atom is -0.480 e. The largest absolute Gasteiger partial charge is 0.480 e. The lowest BCUT2D eigenvalue weighted by Crippen LogP contribution is -2.45. The second-order valence-corrected chi connectivity index (χ2v) is 5.63. The van der Waals surface area contributed by atoms with Crippen LogP contribution in [0.5, 0.6) is 0 Å². The van der Waals surface area contributed by atoms with Crippen molar-refractivity contribution in [3.05, 3.63) is 16.1 Å². The summed E-state index contributed by atoms with van der Waals surface area (Å²) in [6, 6.07) is -1.31. The molecule has 0 aliphatic heterocycles. The van der Waals surface area contributed by atoms with Crippen LogP contribution in [-0.4, -0.2) is 28.1 Å². The molecule has 2 amide bonds. The Bertz CT molecular complexity index is 448. The zero-order valence-corrected chi connectivity index (χ0v) is 12.6. The maximum atomic E-state index is 11.7. The normalized spacial score (nSPS) is 11.9. The first-order chi connectivity index (χ1) is 9.56. The molecule has 0 radical (unpaired) electrons. The van der Waals surface area contributed by atoms with Gasteiger partial charge < -0.3 is 15.7 Å². The molecule has 0 saturated carbocycles. The Balaban J connectivity index is 2.39. The molecule has 0 bridgehead atoms. The minimum atomic E-state index is -1.00. The molecule has 1 aromatic heterocycles. The van der Waals surface area contributed by atoms with Crippen molar-refractivity contribution in [3.8, 4) is 0 Å². The molecule has 6 nitrogen and oxygen atoms in total. The number of carboxylic acids is 1. The zero-order chi connectivity index (χ0) is 15.0. The van der Waals surface area contributed by atoms with Gasteiger partial charge in [0, 0.05) is 11.1 Å². The highest BCUT2D eigenvalue weighted by molar-refractivity contribution is 7.11. The van der Waals surface area contributed by atoms with Crippen LogP contribution < -0.4 is 10.6 Å². The molecule has 3 N–H and O–H groups in total. The maximum absolute atomic E-state index is 11.7. The summed E-state index contributed by atoms with van der Waals surface area (Å²) in [5.41, 5.74) is 0. The predicted octanol–water partition coefficient (Wildman–Crippen LogP) is 2.15. The van der Waals surface area contributed by atoms with Crippen LogP contribution in [-0.2, 0) is 17.8 Å². The average molecular weight is 299 g/mol. The van der Waals surface area contributed by atoms with E-state index < -0.39 is 18.0 Å². The summed E-state index contributed by atoms with van der Waals surface area (Å²) < 4.78 is 0. The smallest absolute Gasteiger partial charge is 0.326 e. The van der Waals surface area contributed by atoms with Crippen LogP contribution in [0.15, 0.2) is 6.20 Å². The number of aryl methyl sites for hydroxylation is 1. The van der Waals surface area contributed by atoms with Crippen LogP contribution in [0.25, 0.3) is 0 Å². The van der Waals surface area contributed by atoms with E-state index in [1.807, 2.05) is 13.8 Å². The Hall–Kier alpha value is -1.63. The van der Waals surface area contributed by atoms with Gasteiger partial charge in [-0.3, -0.25) is 0 Å². The van der Waals surface area contributed by atoms with Crippen molar-refractivity contribution < 1.29 is 14.7 Å². The van der Waals surface area contributed by atoms with Gasteiger partial charge in [0.1, 0.15) is 11.0 Å². The number of rotatable bonds is 8. The molecule has 0 spiro atoms. The highest BCUT2D eigenvalue weighted by Gasteiger charge is 2.18. The molecule has 0 saturated heterocycles. The van der Waals surface area contributed by atoms with Crippen molar-refractivity contribution in [2.75, 3.05) is 0 Å². The van der Waals surface area contributed by atoms with Crippen LogP contribution in [0.2, 0.25) is 0 Å². The van der Waals surface area contributed by atoms with Crippen molar-refractivity contribution in [1.82, 2.24) is 15.6 Å². The minimum absolute atomic E-state index is 0.316. The van der Waals surface area contributed by atoms with Gasteiger partial charge in [0.15, 0.2) is 0 Å². The number of carbonyl (C=O) groups is 2. The summed E-state index contributed by atoms with van der Waals surface area (Å²) in [5.74, 6) is -1.00. The van der Waals surface area contributed by atoms with Gasteiger partial charge in [0.25, 0.3) is 0 Å². The molecule has 0 aliphatic carbocycles. The molecule has 0 fully saturated rings. The van der Waals surface area contributed by atoms with Crippen molar-refractivity contribution in [2.45, 2.75) is 52.1 Å². The lowest BCUT2D eigenvalue weighted by molar-refractivity contribution is -0.139. The van der Waals surface area contributed by atoms with E-state index in [0.29, 0.717) is 13.0 Å². The number of hydrogen-bond donors (Lipinski definition) is 3. The number of aromatic nitrogens is 1. The monoisotopic (exact) mass is 299 g/mol. The molecule has 1 aromatic rings. The van der Waals surface area contributed by atoms with Crippen LogP contribution in [0.4, 0.5) is 4.79 Å². The number of nitrogens with one attached hydrogen (secondary N) is 2. The molecular formula is C13H21N3O3S. The number of carboxylic acid groups (broad SMARTS) is 1. The lowest BCUT2D eigenvalue weighted by Gasteiger charge is -2.14. The van der Waals surface area contributed by atoms with Gasteiger partial charge in [0.2, 0.25) is 0 Å². The number of aliphatic carboxylic acids is 1. The Morgan fingerprint density at radius 1 is 1.45 bits per heavy atom. The van der Waals surface area contributed by atoms with E-state index in [9.17, 15) is 9.59 Å². The molecule has 7 heteroatoms. The SMILES string of the molecule is CCCCC(NC(=O)NCc1ncc(CC)s1)C(=O)O. The fraction of sp³-hybridized carbons (Fsp3) is 0.615. The van der Waals surface area contributed by atoms with Crippen molar-refractivity contribution >= 4 is 23.3 Å². The molecule has 0 aliphatic rings. The van der Waals surface area contributed by atoms with Gasteiger partial charge in [-0.25, -0.2) is 14.6 Å². The molecule has 20 heavy (non-hydrogen) atoms. The van der Waals surface area contributed by atoms with E-state index in [1.54, 1.807) is 17.5 Å². The summed E-state index contributed by atoms with van der Waals surface area (Å²) in [6.45, 7) is 4.34. The van der Waals surface area contributed by atoms with E-state index in [-0.39, 0.29) is 0 Å². The van der Waals surface area contributed by atoms with E-state index >= 15 is 0 Å². The lowest BCUT2D eigenvalue weighted by atomic mass is 10.1. The molecule has 0 aromatic carbocycles. The first-order valence-electron chi connectivity index (χ1n) is 6.77. The van der Waals surface area contributed by atoms with Gasteiger partial charge in [-0.05, 0) is 12.8 Å². The van der Waals surface area contributed by atoms with Crippen molar-refractivity contribution in [3.63, 3.8) is 0 Å². The van der Waals surface area contributed by atoms with Crippen LogP contribution >= 0.6 is 11.3 Å². The third kappa shape index (κ3) is 5.56. The van der Waals surface area contributed by atoms with Gasteiger partial charge in [-0.15, -0.1) is 11.3 Å². The number of nitrogens with zero attached hydrogens (tertiary/aromatic N) is 1. The topological polar surface area (TPSA) is 91.3 Å². The summed E-state index contributed by atoms with van der Waals surface area (Å²) in [5, 5.41) is 14.9. The number of hydrogen-bond acceptors (Lipinski definition) is 4. The number of thiazole rings is 1. The Morgan fingerprint density at radius 2 is 2.20 bits per heavy atom. The first kappa shape index (κ1) is 16.4. The number of carbonyl (C=O) groups excluding carboxylic acids is 1. The fourth-order valence-electron chi connectivity index (χ4n) is 1.62. The Morgan fingerprint density at radius 3 is 2.75 bits per heavy atom. The van der Waals surface area contributed by atoms with Crippen molar-refractivity contribution in [2.24, 2.45) is 0 Å². The molecule has 1 atom stereocenters. The summed E-state index contributed by atoms with van der Waals surface area (Å²) in [7, 11) is 0. The highest BCUT2D eigenvalue weighted by atomic mass is 32.1. The second kappa shape index (κ2) is 8.52. The molecule has 1 unspecified atom stereocenters. The second-order valence-electron chi connectivity index (χ2n) is 4.43. The molecular weight excluding hydrogens is 278 g/mol. The van der Waals surface area contributed by atoms with E-state index in [4.69, 9.17) is 5.11 Å². The van der Waals surface area contributed by atoms with Gasteiger partial charge in [-0.2, -0.15) is 0 Å². The standard InChI is InChI=1S/C13H21N3O3S/c1-3-5-6-10(12(17)18)16-13(19)15-8-11-14-7-9(4-2)20-11/h7,10H,3-6,8H2,1-2H3,(H,17,18)(H2,15,16,19). The van der Waals surface area contributed by atoms with E-state index in [1.165, 1.54) is 0 Å². The van der Waals surface area contributed by atoms with Crippen molar-refractivity contribution in [1.29, 1.82) is 0 Å². The Kier molecular flexibility index (Phi) is 7.00.